The van der Waals surface area contributed by atoms with Crippen molar-refractivity contribution in [1.82, 2.24) is 0 Å². The third-order valence-corrected chi connectivity index (χ3v) is 5.88. The average Bonchev–Trinajstić information content (AvgIpc) is 1.86. The van der Waals surface area contributed by atoms with Crippen LogP contribution in [0.4, 0.5) is 0 Å². The molecular weight excluding hydrogens is 175 g/mol. The first-order valence-corrected chi connectivity index (χ1v) is 6.85. The number of hydrogen-bond acceptors (Lipinski definition) is 0. The van der Waals surface area contributed by atoms with E-state index < -0.39 is 0 Å². The Morgan fingerprint density at radius 3 is 2.09 bits per heavy atom. The van der Waals surface area contributed by atoms with E-state index in [0.29, 0.717) is 5.16 Å². The topological polar surface area (TPSA) is 0 Å². The minimum atomic E-state index is -0.261. The lowest BCUT2D eigenvalue weighted by Crippen LogP contribution is -2.09. The zero-order chi connectivity index (χ0) is 8.91. The Kier molecular flexibility index (Phi) is 5.73. The van der Waals surface area contributed by atoms with Crippen molar-refractivity contribution >= 4 is 18.5 Å². The molecule has 0 aromatic carbocycles. The molecule has 0 radical (unpaired) electrons. The molecule has 0 fully saturated rings. The Morgan fingerprint density at radius 2 is 1.73 bits per heavy atom. The summed E-state index contributed by atoms with van der Waals surface area (Å²) in [6, 6.07) is 0. The van der Waals surface area contributed by atoms with E-state index in [4.69, 9.17) is 11.2 Å². The van der Waals surface area contributed by atoms with Gasteiger partial charge in [-0.2, -0.15) is 0 Å². The molecule has 0 bridgehead atoms. The molecule has 0 saturated heterocycles. The number of rotatable bonds is 4. The highest BCUT2D eigenvalue weighted by Gasteiger charge is 2.20. The van der Waals surface area contributed by atoms with E-state index in [2.05, 4.69) is 27.7 Å². The Bertz CT molecular complexity index is 96.2. The molecule has 0 aliphatic carbocycles. The Morgan fingerprint density at radius 1 is 1.18 bits per heavy atom. The highest BCUT2D eigenvalue weighted by Crippen LogP contribution is 2.54. The maximum atomic E-state index is 6.26. The molecule has 0 spiro atoms. The molecule has 0 aromatic rings. The van der Waals surface area contributed by atoms with Gasteiger partial charge in [0.1, 0.15) is 0 Å². The van der Waals surface area contributed by atoms with Gasteiger partial charge in [-0.15, -0.1) is 0 Å². The maximum absolute atomic E-state index is 6.26. The predicted octanol–water partition coefficient (Wildman–Crippen LogP) is 4.61. The predicted molar refractivity (Wildman–Crippen MR) is 56.9 cm³/mol. The second kappa shape index (κ2) is 5.38. The average molecular weight is 195 g/mol. The van der Waals surface area contributed by atoms with Gasteiger partial charge < -0.3 is 0 Å². The van der Waals surface area contributed by atoms with Crippen molar-refractivity contribution in [1.29, 1.82) is 0 Å². The first-order valence-electron chi connectivity index (χ1n) is 4.42. The van der Waals surface area contributed by atoms with Crippen molar-refractivity contribution in [3.8, 4) is 0 Å². The fourth-order valence-electron chi connectivity index (χ4n) is 0.836. The molecule has 0 rings (SSSR count). The molecule has 0 saturated carbocycles. The lowest BCUT2D eigenvalue weighted by molar-refractivity contribution is 0.753. The van der Waals surface area contributed by atoms with Crippen LogP contribution in [0.5, 0.6) is 0 Å². The van der Waals surface area contributed by atoms with Crippen molar-refractivity contribution in [2.75, 3.05) is 6.16 Å². The second-order valence-electron chi connectivity index (χ2n) is 3.96. The zero-order valence-corrected chi connectivity index (χ0v) is 9.80. The van der Waals surface area contributed by atoms with E-state index in [1.165, 1.54) is 25.4 Å². The quantitative estimate of drug-likeness (QED) is 0.453. The number of halogens is 1. The maximum Gasteiger partial charge on any atom is -0.00410 e. The van der Waals surface area contributed by atoms with Crippen molar-refractivity contribution in [3.63, 3.8) is 0 Å². The van der Waals surface area contributed by atoms with Crippen LogP contribution in [-0.2, 0) is 0 Å². The highest BCUT2D eigenvalue weighted by molar-refractivity contribution is 7.85. The Labute approximate surface area is 77.3 Å². The van der Waals surface area contributed by atoms with E-state index in [-0.39, 0.29) is 7.27 Å². The third kappa shape index (κ3) is 5.93. The van der Waals surface area contributed by atoms with Gasteiger partial charge in [-0.05, 0) is 25.0 Å². The Hall–Kier alpha value is 0.720. The van der Waals surface area contributed by atoms with Crippen LogP contribution in [-0.4, -0.2) is 11.3 Å². The standard InChI is InChI=1S/C9H20ClP/c1-5-6-7-8-11(10)9(2,3)4/h5-8H2,1-4H3. The minimum absolute atomic E-state index is 0.261. The van der Waals surface area contributed by atoms with Crippen LogP contribution in [0.3, 0.4) is 0 Å². The summed E-state index contributed by atoms with van der Waals surface area (Å²) in [6.07, 6.45) is 5.17. The van der Waals surface area contributed by atoms with Gasteiger partial charge >= 0.3 is 0 Å². The summed E-state index contributed by atoms with van der Waals surface area (Å²) < 4.78 is 0. The van der Waals surface area contributed by atoms with Gasteiger partial charge in [0.05, 0.1) is 0 Å². The van der Waals surface area contributed by atoms with E-state index in [1.807, 2.05) is 0 Å². The van der Waals surface area contributed by atoms with Gasteiger partial charge in [-0.3, -0.25) is 0 Å². The first kappa shape index (κ1) is 11.7. The van der Waals surface area contributed by atoms with Crippen molar-refractivity contribution in [3.05, 3.63) is 0 Å². The van der Waals surface area contributed by atoms with Gasteiger partial charge in [-0.25, -0.2) is 0 Å². The number of unbranched alkanes of at least 4 members (excludes halogenated alkanes) is 2. The lowest BCUT2D eigenvalue weighted by Gasteiger charge is -2.24. The molecule has 68 valence electrons. The largest absolute Gasteiger partial charge is 0.0959 e. The fourth-order valence-corrected chi connectivity index (χ4v) is 2.37. The van der Waals surface area contributed by atoms with Crippen LogP contribution in [0.15, 0.2) is 0 Å². The van der Waals surface area contributed by atoms with Crippen LogP contribution in [0.1, 0.15) is 47.0 Å². The van der Waals surface area contributed by atoms with Crippen molar-refractivity contribution in [2.24, 2.45) is 0 Å². The van der Waals surface area contributed by atoms with Crippen LogP contribution in [0.2, 0.25) is 0 Å². The molecule has 0 N–H and O–H groups in total. The molecular formula is C9H20ClP. The molecule has 1 atom stereocenters. The van der Waals surface area contributed by atoms with Gasteiger partial charge in [-0.1, -0.05) is 51.8 Å². The summed E-state index contributed by atoms with van der Waals surface area (Å²) in [6.45, 7) is 8.93. The molecule has 1 unspecified atom stereocenters. The van der Waals surface area contributed by atoms with E-state index >= 15 is 0 Å². The van der Waals surface area contributed by atoms with Gasteiger partial charge in [0, 0.05) is 0 Å². The Balaban J connectivity index is 3.44. The van der Waals surface area contributed by atoms with E-state index in [0.717, 1.165) is 0 Å². The summed E-state index contributed by atoms with van der Waals surface area (Å²) in [4.78, 5) is 0. The third-order valence-electron chi connectivity index (χ3n) is 1.69. The van der Waals surface area contributed by atoms with Gasteiger partial charge in [0.25, 0.3) is 0 Å². The molecule has 0 heterocycles. The molecule has 2 heteroatoms. The number of hydrogen-bond donors (Lipinski definition) is 0. The van der Waals surface area contributed by atoms with Crippen molar-refractivity contribution < 1.29 is 0 Å². The lowest BCUT2D eigenvalue weighted by atomic mass is 10.3. The normalized spacial score (nSPS) is 15.0. The summed E-state index contributed by atoms with van der Waals surface area (Å²) in [7, 11) is -0.261. The summed E-state index contributed by atoms with van der Waals surface area (Å²) in [5, 5.41) is 0.338. The van der Waals surface area contributed by atoms with Gasteiger partial charge in [0.2, 0.25) is 0 Å². The summed E-state index contributed by atoms with van der Waals surface area (Å²) in [5.41, 5.74) is 0. The molecule has 0 nitrogen and oxygen atoms in total. The van der Waals surface area contributed by atoms with Crippen LogP contribution in [0, 0.1) is 0 Å². The summed E-state index contributed by atoms with van der Waals surface area (Å²) >= 11 is 6.26. The zero-order valence-electron chi connectivity index (χ0n) is 8.15. The van der Waals surface area contributed by atoms with E-state index in [9.17, 15) is 0 Å². The highest BCUT2D eigenvalue weighted by atomic mass is 35.7. The smallest absolute Gasteiger partial charge is 0.00410 e. The van der Waals surface area contributed by atoms with Gasteiger partial charge in [0.15, 0.2) is 0 Å². The molecule has 11 heavy (non-hydrogen) atoms. The second-order valence-corrected chi connectivity index (χ2v) is 7.70. The first-order chi connectivity index (χ1) is 4.98. The molecule has 0 amide bonds. The SMILES string of the molecule is CCCCCP(Cl)C(C)(C)C. The summed E-state index contributed by atoms with van der Waals surface area (Å²) in [5.74, 6) is 0. The van der Waals surface area contributed by atoms with Crippen LogP contribution in [0.25, 0.3) is 0 Å². The van der Waals surface area contributed by atoms with Crippen LogP contribution < -0.4 is 0 Å². The van der Waals surface area contributed by atoms with Crippen LogP contribution >= 0.6 is 18.5 Å². The molecule has 0 aromatic heterocycles. The van der Waals surface area contributed by atoms with Crippen molar-refractivity contribution in [2.45, 2.75) is 52.1 Å². The molecule has 0 aliphatic heterocycles. The minimum Gasteiger partial charge on any atom is -0.0959 e. The monoisotopic (exact) mass is 194 g/mol. The van der Waals surface area contributed by atoms with E-state index in [1.54, 1.807) is 0 Å². The fraction of sp³-hybridized carbons (Fsp3) is 1.00. The molecule has 0 aliphatic rings.